The zero-order chi connectivity index (χ0) is 13.4. The minimum absolute atomic E-state index is 0.135. The summed E-state index contributed by atoms with van der Waals surface area (Å²) in [5, 5.41) is 10.2. The third-order valence-corrected chi connectivity index (χ3v) is 3.55. The fourth-order valence-corrected chi connectivity index (χ4v) is 2.96. The van der Waals surface area contributed by atoms with E-state index in [1.54, 1.807) is 0 Å². The lowest BCUT2D eigenvalue weighted by molar-refractivity contribution is -0.138. The van der Waals surface area contributed by atoms with Gasteiger partial charge in [0.25, 0.3) is 0 Å². The van der Waals surface area contributed by atoms with Crippen LogP contribution in [0.3, 0.4) is 0 Å². The number of carbonyl (C=O) groups excluding carboxylic acids is 3. The lowest BCUT2D eigenvalue weighted by atomic mass is 10.5. The topological polar surface area (TPSA) is 101 Å². The molecule has 1 atom stereocenters. The number of rotatable bonds is 6. The molecular formula is C9H13NO5S2. The molecule has 0 fully saturated rings. The van der Waals surface area contributed by atoms with E-state index in [1.807, 2.05) is 0 Å². The number of nitrogens with one attached hydrogen (secondary N) is 1. The van der Waals surface area contributed by atoms with Gasteiger partial charge >= 0.3 is 5.97 Å². The molecule has 1 unspecified atom stereocenters. The highest BCUT2D eigenvalue weighted by Gasteiger charge is 2.19. The fourth-order valence-electron chi connectivity index (χ4n) is 0.831. The zero-order valence-electron chi connectivity index (χ0n) is 9.39. The Morgan fingerprint density at radius 2 is 1.76 bits per heavy atom. The van der Waals surface area contributed by atoms with Crippen LogP contribution >= 0.6 is 23.5 Å². The van der Waals surface area contributed by atoms with Crippen molar-refractivity contribution >= 4 is 45.6 Å². The number of amides is 1. The lowest BCUT2D eigenvalue weighted by Gasteiger charge is -2.13. The summed E-state index contributed by atoms with van der Waals surface area (Å²) in [5.74, 6) is -1.49. The van der Waals surface area contributed by atoms with E-state index in [-0.39, 0.29) is 17.6 Å². The van der Waals surface area contributed by atoms with Crippen LogP contribution in [0.2, 0.25) is 0 Å². The molecule has 0 aliphatic rings. The third-order valence-electron chi connectivity index (χ3n) is 1.37. The highest BCUT2D eigenvalue weighted by Crippen LogP contribution is 2.25. The first-order chi connectivity index (χ1) is 7.81. The van der Waals surface area contributed by atoms with Crippen molar-refractivity contribution in [2.45, 2.75) is 24.9 Å². The average Bonchev–Trinajstić information content (AvgIpc) is 2.11. The number of carboxylic acids is 1. The molecule has 0 saturated carbocycles. The molecular weight excluding hydrogens is 266 g/mol. The van der Waals surface area contributed by atoms with E-state index in [1.165, 1.54) is 13.8 Å². The van der Waals surface area contributed by atoms with Crippen LogP contribution in [-0.2, 0) is 19.2 Å². The van der Waals surface area contributed by atoms with Crippen molar-refractivity contribution in [3.05, 3.63) is 0 Å². The van der Waals surface area contributed by atoms with Crippen molar-refractivity contribution < 1.29 is 24.3 Å². The van der Waals surface area contributed by atoms with Crippen LogP contribution in [0.1, 0.15) is 20.3 Å². The normalized spacial score (nSPS) is 11.6. The Labute approximate surface area is 107 Å². The highest BCUT2D eigenvalue weighted by molar-refractivity contribution is 8.29. The summed E-state index contributed by atoms with van der Waals surface area (Å²) in [5.41, 5.74) is 0. The molecule has 17 heavy (non-hydrogen) atoms. The molecule has 0 aliphatic heterocycles. The van der Waals surface area contributed by atoms with E-state index < -0.39 is 22.1 Å². The summed E-state index contributed by atoms with van der Waals surface area (Å²) in [6.45, 7) is 2.79. The van der Waals surface area contributed by atoms with Crippen LogP contribution in [0.4, 0.5) is 0 Å². The largest absolute Gasteiger partial charge is 0.481 e. The quantitative estimate of drug-likeness (QED) is 0.538. The van der Waals surface area contributed by atoms with Crippen molar-refractivity contribution in [2.75, 3.05) is 6.54 Å². The summed E-state index contributed by atoms with van der Waals surface area (Å²) in [7, 11) is 0. The second kappa shape index (κ2) is 8.13. The van der Waals surface area contributed by atoms with Gasteiger partial charge in [0, 0.05) is 20.4 Å². The predicted octanol–water partition coefficient (Wildman–Crippen LogP) is 0.463. The molecule has 2 N–H and O–H groups in total. The number of aliphatic carboxylic acids is 1. The molecule has 0 aromatic carbocycles. The lowest BCUT2D eigenvalue weighted by Crippen LogP contribution is -2.28. The number of hydrogen-bond acceptors (Lipinski definition) is 6. The Balaban J connectivity index is 4.26. The fraction of sp³-hybridized carbons (Fsp3) is 0.556. The van der Waals surface area contributed by atoms with Gasteiger partial charge in [-0.2, -0.15) is 0 Å². The SMILES string of the molecule is CC(=O)NCC(SC(C)=O)SC(=O)CC(=O)O. The maximum atomic E-state index is 11.2. The Bertz CT molecular complexity index is 331. The van der Waals surface area contributed by atoms with Gasteiger partial charge in [0.2, 0.25) is 11.0 Å². The molecule has 8 heteroatoms. The maximum absolute atomic E-state index is 11.2. The predicted molar refractivity (Wildman–Crippen MR) is 65.6 cm³/mol. The van der Waals surface area contributed by atoms with Crippen molar-refractivity contribution in [1.29, 1.82) is 0 Å². The van der Waals surface area contributed by atoms with E-state index in [2.05, 4.69) is 5.32 Å². The first-order valence-corrected chi connectivity index (χ1v) is 6.40. The van der Waals surface area contributed by atoms with Gasteiger partial charge in [-0.25, -0.2) is 0 Å². The van der Waals surface area contributed by atoms with Gasteiger partial charge in [-0.3, -0.25) is 19.2 Å². The molecule has 0 aromatic rings. The monoisotopic (exact) mass is 279 g/mol. The standard InChI is InChI=1S/C9H13NO5S2/c1-5(11)10-4-9(16-6(2)12)17-8(15)3-7(13)14/h9H,3-4H2,1-2H3,(H,10,11)(H,13,14). The van der Waals surface area contributed by atoms with E-state index in [0.717, 1.165) is 23.5 Å². The third kappa shape index (κ3) is 9.88. The maximum Gasteiger partial charge on any atom is 0.311 e. The van der Waals surface area contributed by atoms with E-state index in [0.29, 0.717) is 0 Å². The molecule has 0 bridgehead atoms. The molecule has 0 radical (unpaired) electrons. The Kier molecular flexibility index (Phi) is 7.64. The summed E-state index contributed by atoms with van der Waals surface area (Å²) in [4.78, 5) is 43.2. The Hall–Kier alpha value is -1.02. The number of thioether (sulfide) groups is 2. The van der Waals surface area contributed by atoms with Crippen LogP contribution in [0, 0.1) is 0 Å². The number of hydrogen-bond donors (Lipinski definition) is 2. The summed E-state index contributed by atoms with van der Waals surface area (Å²) < 4.78 is -0.497. The van der Waals surface area contributed by atoms with E-state index >= 15 is 0 Å². The molecule has 0 aromatic heterocycles. The molecule has 0 spiro atoms. The van der Waals surface area contributed by atoms with Gasteiger partial charge < -0.3 is 10.4 Å². The number of carboxylic acid groups (broad SMARTS) is 1. The van der Waals surface area contributed by atoms with Crippen LogP contribution in [0.5, 0.6) is 0 Å². The minimum Gasteiger partial charge on any atom is -0.481 e. The molecule has 0 rings (SSSR count). The Morgan fingerprint density at radius 3 is 2.18 bits per heavy atom. The van der Waals surface area contributed by atoms with Crippen LogP contribution in [0.25, 0.3) is 0 Å². The van der Waals surface area contributed by atoms with Crippen molar-refractivity contribution in [3.63, 3.8) is 0 Å². The second-order valence-electron chi connectivity index (χ2n) is 3.04. The van der Waals surface area contributed by atoms with Gasteiger partial charge in [-0.05, 0) is 0 Å². The molecule has 1 amide bonds. The zero-order valence-corrected chi connectivity index (χ0v) is 11.0. The molecule has 0 aliphatic carbocycles. The van der Waals surface area contributed by atoms with Crippen molar-refractivity contribution in [3.8, 4) is 0 Å². The minimum atomic E-state index is -1.21. The Morgan fingerprint density at radius 1 is 1.18 bits per heavy atom. The van der Waals surface area contributed by atoms with Crippen molar-refractivity contribution in [1.82, 2.24) is 5.32 Å². The molecule has 6 nitrogen and oxygen atoms in total. The van der Waals surface area contributed by atoms with Crippen LogP contribution in [-0.4, -0.2) is 38.3 Å². The molecule has 96 valence electrons. The number of carbonyl (C=O) groups is 4. The first kappa shape index (κ1) is 16.0. The smallest absolute Gasteiger partial charge is 0.311 e. The van der Waals surface area contributed by atoms with Crippen LogP contribution in [0.15, 0.2) is 0 Å². The summed E-state index contributed by atoms with van der Waals surface area (Å²) >= 11 is 1.64. The van der Waals surface area contributed by atoms with Gasteiger partial charge in [0.15, 0.2) is 5.12 Å². The van der Waals surface area contributed by atoms with Gasteiger partial charge in [0.05, 0.1) is 4.58 Å². The van der Waals surface area contributed by atoms with E-state index in [9.17, 15) is 19.2 Å². The van der Waals surface area contributed by atoms with Gasteiger partial charge in [-0.1, -0.05) is 23.5 Å². The molecule has 0 heterocycles. The van der Waals surface area contributed by atoms with Crippen LogP contribution < -0.4 is 5.32 Å². The molecule has 0 saturated heterocycles. The van der Waals surface area contributed by atoms with Crippen molar-refractivity contribution in [2.24, 2.45) is 0 Å². The van der Waals surface area contributed by atoms with Gasteiger partial charge in [-0.15, -0.1) is 0 Å². The van der Waals surface area contributed by atoms with E-state index in [4.69, 9.17) is 5.11 Å². The van der Waals surface area contributed by atoms with Gasteiger partial charge in [0.1, 0.15) is 6.42 Å². The average molecular weight is 279 g/mol. The summed E-state index contributed by atoms with van der Waals surface area (Å²) in [6, 6.07) is 0. The first-order valence-electron chi connectivity index (χ1n) is 4.64. The second-order valence-corrected chi connectivity index (χ2v) is 5.97. The highest BCUT2D eigenvalue weighted by atomic mass is 32.2. The summed E-state index contributed by atoms with van der Waals surface area (Å²) in [6.07, 6.45) is -0.598.